The zero-order chi connectivity index (χ0) is 29.9. The van der Waals surface area contributed by atoms with Crippen LogP contribution in [0.25, 0.3) is 16.9 Å². The molecule has 1 aromatic heterocycles. The first-order valence-corrected chi connectivity index (χ1v) is 14.9. The molecule has 6 nitrogen and oxygen atoms in total. The zero-order valence-electron chi connectivity index (χ0n) is 22.7. The molecule has 1 aliphatic rings. The number of benzene rings is 4. The molecule has 0 spiro atoms. The van der Waals surface area contributed by atoms with Gasteiger partial charge in [-0.2, -0.15) is 5.10 Å². The highest BCUT2D eigenvalue weighted by molar-refractivity contribution is 8.00. The van der Waals surface area contributed by atoms with Gasteiger partial charge in [0.2, 0.25) is 11.8 Å². The van der Waals surface area contributed by atoms with E-state index in [0.717, 1.165) is 16.7 Å². The van der Waals surface area contributed by atoms with Crippen molar-refractivity contribution in [1.82, 2.24) is 15.1 Å². The van der Waals surface area contributed by atoms with E-state index >= 15 is 0 Å². The average molecular weight is 615 g/mol. The van der Waals surface area contributed by atoms with Crippen LogP contribution in [0.4, 0.5) is 14.6 Å². The summed E-state index contributed by atoms with van der Waals surface area (Å²) in [6, 6.07) is 28.7. The maximum Gasteiger partial charge on any atom is 0.240 e. The summed E-state index contributed by atoms with van der Waals surface area (Å²) in [5.74, 6) is -0.948. The molecule has 0 bridgehead atoms. The summed E-state index contributed by atoms with van der Waals surface area (Å²) in [7, 11) is 0. The molecule has 1 atom stereocenters. The molecule has 4 aromatic carbocycles. The first kappa shape index (κ1) is 28.6. The van der Waals surface area contributed by atoms with Gasteiger partial charge in [-0.05, 0) is 47.5 Å². The summed E-state index contributed by atoms with van der Waals surface area (Å²) in [6.07, 6.45) is 0. The standard InChI is InChI=1S/C33H25ClF2N4O2S/c34-26-8-4-5-9-27(26)40-33-30(31(38-40)22-6-2-1-3-7-22)32(23-12-16-25(36)17-13-23)43-20-29(42)39(33)19-28(41)37-18-21-10-14-24(35)15-11-21/h1-17,32H,18-20H2,(H,37,41). The average Bonchev–Trinajstić information content (AvgIpc) is 3.34. The second kappa shape index (κ2) is 12.4. The highest BCUT2D eigenvalue weighted by Gasteiger charge is 2.38. The van der Waals surface area contributed by atoms with Crippen LogP contribution in [0.15, 0.2) is 103 Å². The van der Waals surface area contributed by atoms with Gasteiger partial charge in [0.05, 0.1) is 27.4 Å². The number of para-hydroxylation sites is 1. The topological polar surface area (TPSA) is 67.2 Å². The number of rotatable bonds is 7. The van der Waals surface area contributed by atoms with E-state index in [9.17, 15) is 18.4 Å². The van der Waals surface area contributed by atoms with E-state index < -0.39 is 11.2 Å². The summed E-state index contributed by atoms with van der Waals surface area (Å²) in [4.78, 5) is 28.6. The van der Waals surface area contributed by atoms with Crippen molar-refractivity contribution in [3.8, 4) is 16.9 Å². The Morgan fingerprint density at radius 3 is 2.26 bits per heavy atom. The fraction of sp³-hybridized carbons (Fsp3) is 0.121. The molecular formula is C33H25ClF2N4O2S. The lowest BCUT2D eigenvalue weighted by molar-refractivity contribution is -0.123. The van der Waals surface area contributed by atoms with Crippen LogP contribution in [0.3, 0.4) is 0 Å². The maximum absolute atomic E-state index is 14.0. The van der Waals surface area contributed by atoms with Crippen LogP contribution in [-0.4, -0.2) is 33.9 Å². The number of hydrogen-bond donors (Lipinski definition) is 1. The highest BCUT2D eigenvalue weighted by atomic mass is 35.5. The summed E-state index contributed by atoms with van der Waals surface area (Å²) >= 11 is 8.06. The minimum atomic E-state index is -0.404. The second-order valence-electron chi connectivity index (χ2n) is 9.94. The van der Waals surface area contributed by atoms with Gasteiger partial charge < -0.3 is 5.32 Å². The number of fused-ring (bicyclic) bond motifs is 1. The van der Waals surface area contributed by atoms with Gasteiger partial charge in [0, 0.05) is 17.7 Å². The van der Waals surface area contributed by atoms with E-state index in [-0.39, 0.29) is 36.4 Å². The van der Waals surface area contributed by atoms with Crippen LogP contribution in [0, 0.1) is 11.6 Å². The van der Waals surface area contributed by atoms with Crippen LogP contribution < -0.4 is 10.2 Å². The van der Waals surface area contributed by atoms with E-state index in [2.05, 4.69) is 5.32 Å². The van der Waals surface area contributed by atoms with Crippen molar-refractivity contribution < 1.29 is 18.4 Å². The number of carbonyl (C=O) groups excluding carboxylic acids is 2. The van der Waals surface area contributed by atoms with Crippen molar-refractivity contribution in [3.63, 3.8) is 0 Å². The van der Waals surface area contributed by atoms with Gasteiger partial charge >= 0.3 is 0 Å². The van der Waals surface area contributed by atoms with Crippen molar-refractivity contribution in [2.24, 2.45) is 0 Å². The van der Waals surface area contributed by atoms with E-state index in [0.29, 0.717) is 27.8 Å². The summed E-state index contributed by atoms with van der Waals surface area (Å²) < 4.78 is 28.9. The van der Waals surface area contributed by atoms with Gasteiger partial charge in [-0.25, -0.2) is 13.5 Å². The molecule has 6 rings (SSSR count). The second-order valence-corrected chi connectivity index (χ2v) is 11.4. The monoisotopic (exact) mass is 614 g/mol. The Bertz CT molecular complexity index is 1780. The Hall–Kier alpha value is -4.47. The Labute approximate surface area is 256 Å². The molecule has 1 N–H and O–H groups in total. The Balaban J connectivity index is 1.50. The van der Waals surface area contributed by atoms with Gasteiger partial charge in [0.25, 0.3) is 0 Å². The molecular weight excluding hydrogens is 590 g/mol. The molecule has 2 heterocycles. The molecule has 10 heteroatoms. The number of anilines is 1. The van der Waals surface area contributed by atoms with Crippen molar-refractivity contribution in [2.45, 2.75) is 11.8 Å². The largest absolute Gasteiger partial charge is 0.350 e. The smallest absolute Gasteiger partial charge is 0.240 e. The van der Waals surface area contributed by atoms with Gasteiger partial charge in [0.1, 0.15) is 24.0 Å². The molecule has 0 fully saturated rings. The van der Waals surface area contributed by atoms with Gasteiger partial charge in [-0.1, -0.05) is 78.3 Å². The SMILES string of the molecule is O=C(CN1C(=O)CSC(c2ccc(F)cc2)c2c(-c3ccccc3)nn(-c3ccccc3Cl)c21)NCc1ccc(F)cc1. The predicted octanol–water partition coefficient (Wildman–Crippen LogP) is 6.96. The first-order chi connectivity index (χ1) is 20.9. The number of aromatic nitrogens is 2. The summed E-state index contributed by atoms with van der Waals surface area (Å²) in [5, 5.41) is 7.85. The van der Waals surface area contributed by atoms with E-state index in [1.807, 2.05) is 36.4 Å². The quantitative estimate of drug-likeness (QED) is 0.215. The zero-order valence-corrected chi connectivity index (χ0v) is 24.3. The normalized spacial score (nSPS) is 14.7. The lowest BCUT2D eigenvalue weighted by atomic mass is 9.99. The van der Waals surface area contributed by atoms with E-state index in [1.165, 1.54) is 40.9 Å². The van der Waals surface area contributed by atoms with E-state index in [1.54, 1.807) is 47.1 Å². The number of carbonyl (C=O) groups is 2. The molecule has 2 amide bonds. The minimum Gasteiger partial charge on any atom is -0.350 e. The van der Waals surface area contributed by atoms with Crippen molar-refractivity contribution in [1.29, 1.82) is 0 Å². The first-order valence-electron chi connectivity index (χ1n) is 13.5. The molecule has 5 aromatic rings. The molecule has 1 aliphatic heterocycles. The van der Waals surface area contributed by atoms with Crippen LogP contribution in [0.2, 0.25) is 5.02 Å². The number of nitrogens with one attached hydrogen (secondary N) is 1. The number of thioether (sulfide) groups is 1. The Morgan fingerprint density at radius 1 is 0.907 bits per heavy atom. The van der Waals surface area contributed by atoms with Crippen molar-refractivity contribution in [3.05, 3.63) is 136 Å². The van der Waals surface area contributed by atoms with E-state index in [4.69, 9.17) is 16.7 Å². The molecule has 1 unspecified atom stereocenters. The van der Waals surface area contributed by atoms with Gasteiger partial charge in [-0.15, -0.1) is 11.8 Å². The maximum atomic E-state index is 14.0. The predicted molar refractivity (Wildman–Crippen MR) is 165 cm³/mol. The lowest BCUT2D eigenvalue weighted by Crippen LogP contribution is -2.42. The molecule has 43 heavy (non-hydrogen) atoms. The van der Waals surface area contributed by atoms with Crippen LogP contribution in [-0.2, 0) is 16.1 Å². The van der Waals surface area contributed by atoms with Gasteiger partial charge in [0.15, 0.2) is 0 Å². The summed E-state index contributed by atoms with van der Waals surface area (Å²) in [5.41, 5.74) is 4.18. The summed E-state index contributed by atoms with van der Waals surface area (Å²) in [6.45, 7) is -0.117. The molecule has 0 radical (unpaired) electrons. The number of hydrogen-bond acceptors (Lipinski definition) is 4. The third kappa shape index (κ3) is 6.04. The fourth-order valence-corrected chi connectivity index (χ4v) is 6.44. The third-order valence-electron chi connectivity index (χ3n) is 7.09. The molecule has 0 aliphatic carbocycles. The molecule has 0 saturated heterocycles. The Morgan fingerprint density at radius 2 is 1.56 bits per heavy atom. The van der Waals surface area contributed by atoms with Crippen molar-refractivity contribution in [2.75, 3.05) is 17.2 Å². The molecule has 0 saturated carbocycles. The third-order valence-corrected chi connectivity index (χ3v) is 8.67. The molecule has 216 valence electrons. The number of amides is 2. The van der Waals surface area contributed by atoms with Crippen LogP contribution >= 0.6 is 23.4 Å². The minimum absolute atomic E-state index is 0.0682. The van der Waals surface area contributed by atoms with Gasteiger partial charge in [-0.3, -0.25) is 14.5 Å². The fourth-order valence-electron chi connectivity index (χ4n) is 5.02. The Kier molecular flexibility index (Phi) is 8.26. The number of halogens is 3. The lowest BCUT2D eigenvalue weighted by Gasteiger charge is -2.23. The van der Waals surface area contributed by atoms with Crippen LogP contribution in [0.5, 0.6) is 0 Å². The van der Waals surface area contributed by atoms with Crippen LogP contribution in [0.1, 0.15) is 21.9 Å². The highest BCUT2D eigenvalue weighted by Crippen LogP contribution is 2.48. The van der Waals surface area contributed by atoms with Crippen molar-refractivity contribution >= 4 is 41.0 Å². The number of nitrogens with zero attached hydrogens (tertiary/aromatic N) is 3.